The maximum atomic E-state index is 13.2. The van der Waals surface area contributed by atoms with Crippen molar-refractivity contribution in [3.8, 4) is 0 Å². The van der Waals surface area contributed by atoms with Gasteiger partial charge in [0.2, 0.25) is 5.91 Å². The van der Waals surface area contributed by atoms with Crippen molar-refractivity contribution in [3.05, 3.63) is 51.2 Å². The first kappa shape index (κ1) is 21.3. The molecule has 1 aromatic rings. The summed E-state index contributed by atoms with van der Waals surface area (Å²) in [4.78, 5) is 51.5. The molecular weight excluding hydrogens is 390 g/mol. The molecule has 2 heterocycles. The van der Waals surface area contributed by atoms with Gasteiger partial charge in [-0.3, -0.25) is 24.6 Å². The van der Waals surface area contributed by atoms with Crippen molar-refractivity contribution >= 4 is 23.5 Å². The highest BCUT2D eigenvalue weighted by Crippen LogP contribution is 2.36. The number of hydrogen-bond acceptors (Lipinski definition) is 5. The molecule has 30 heavy (non-hydrogen) atoms. The van der Waals surface area contributed by atoms with Crippen LogP contribution in [0.5, 0.6) is 0 Å². The molecule has 2 aliphatic rings. The van der Waals surface area contributed by atoms with E-state index in [1.165, 1.54) is 28.0 Å². The van der Waals surface area contributed by atoms with Crippen molar-refractivity contribution < 1.29 is 19.3 Å². The van der Waals surface area contributed by atoms with Crippen molar-refractivity contribution in [3.63, 3.8) is 0 Å². The van der Waals surface area contributed by atoms with Crippen LogP contribution in [0.25, 0.3) is 0 Å². The number of nitrogens with one attached hydrogen (secondary N) is 2. The number of nitro benzene ring substituents is 1. The van der Waals surface area contributed by atoms with Crippen LogP contribution in [0, 0.1) is 16.0 Å². The monoisotopic (exact) mass is 415 g/mol. The predicted molar refractivity (Wildman–Crippen MR) is 108 cm³/mol. The number of hydrogen-bond donors (Lipinski definition) is 2. The van der Waals surface area contributed by atoms with Gasteiger partial charge in [0.1, 0.15) is 6.54 Å². The van der Waals surface area contributed by atoms with Crippen LogP contribution in [0.15, 0.2) is 35.5 Å². The lowest BCUT2D eigenvalue weighted by atomic mass is 9.95. The molecule has 0 saturated heterocycles. The minimum absolute atomic E-state index is 0.119. The van der Waals surface area contributed by atoms with Gasteiger partial charge in [-0.05, 0) is 18.4 Å². The van der Waals surface area contributed by atoms with Gasteiger partial charge >= 0.3 is 6.03 Å². The lowest BCUT2D eigenvalue weighted by Crippen LogP contribution is -2.47. The summed E-state index contributed by atoms with van der Waals surface area (Å²) in [6, 6.07) is 4.66. The maximum absolute atomic E-state index is 13.2. The predicted octanol–water partition coefficient (Wildman–Crippen LogP) is 1.55. The Balaban J connectivity index is 1.90. The Morgan fingerprint density at radius 1 is 1.37 bits per heavy atom. The van der Waals surface area contributed by atoms with Gasteiger partial charge in [-0.1, -0.05) is 26.0 Å². The summed E-state index contributed by atoms with van der Waals surface area (Å²) in [6.07, 6.45) is 0. The molecule has 160 valence electrons. The van der Waals surface area contributed by atoms with E-state index in [-0.39, 0.29) is 42.5 Å². The molecule has 10 heteroatoms. The molecule has 3 rings (SSSR count). The third-order valence-corrected chi connectivity index (χ3v) is 5.07. The maximum Gasteiger partial charge on any atom is 0.322 e. The van der Waals surface area contributed by atoms with E-state index in [0.29, 0.717) is 29.9 Å². The largest absolute Gasteiger partial charge is 0.354 e. The smallest absolute Gasteiger partial charge is 0.322 e. The number of carbonyl (C=O) groups excluding carboxylic acids is 3. The fourth-order valence-electron chi connectivity index (χ4n) is 3.63. The number of benzene rings is 1. The lowest BCUT2D eigenvalue weighted by Gasteiger charge is -2.32. The van der Waals surface area contributed by atoms with E-state index in [1.807, 2.05) is 13.8 Å². The van der Waals surface area contributed by atoms with Crippen LogP contribution in [0.3, 0.4) is 0 Å². The average Bonchev–Trinajstić information content (AvgIpc) is 3.02. The van der Waals surface area contributed by atoms with Gasteiger partial charge in [0.05, 0.1) is 28.8 Å². The zero-order valence-electron chi connectivity index (χ0n) is 17.2. The molecule has 2 aliphatic heterocycles. The van der Waals surface area contributed by atoms with E-state index in [9.17, 15) is 24.5 Å². The average molecular weight is 415 g/mol. The molecule has 0 spiro atoms. The fourth-order valence-corrected chi connectivity index (χ4v) is 3.63. The van der Waals surface area contributed by atoms with Gasteiger partial charge < -0.3 is 15.5 Å². The van der Waals surface area contributed by atoms with Gasteiger partial charge in [-0.25, -0.2) is 4.79 Å². The van der Waals surface area contributed by atoms with E-state index in [2.05, 4.69) is 10.6 Å². The van der Waals surface area contributed by atoms with E-state index < -0.39 is 11.0 Å². The van der Waals surface area contributed by atoms with Crippen molar-refractivity contribution in [2.75, 3.05) is 26.2 Å². The summed E-state index contributed by atoms with van der Waals surface area (Å²) in [5.74, 6) is -0.351. The first-order valence-corrected chi connectivity index (χ1v) is 9.84. The van der Waals surface area contributed by atoms with Crippen molar-refractivity contribution in [1.82, 2.24) is 20.4 Å². The van der Waals surface area contributed by atoms with E-state index >= 15 is 0 Å². The van der Waals surface area contributed by atoms with Gasteiger partial charge in [0, 0.05) is 25.2 Å². The second-order valence-corrected chi connectivity index (χ2v) is 7.70. The number of likely N-dealkylation sites (N-methyl/N-ethyl adjacent to an activating group) is 1. The Labute approximate surface area is 174 Å². The topological polar surface area (TPSA) is 125 Å². The second kappa shape index (κ2) is 8.52. The molecule has 0 bridgehead atoms. The van der Waals surface area contributed by atoms with E-state index in [1.54, 1.807) is 13.0 Å². The standard InChI is InChI=1S/C20H25N5O5/c1-4-24-15-10-23(11-16(26)21-9-12(2)3)19(27)17(15)18(22-20(24)28)13-6-5-7-14(8-13)25(29)30/h5-8,12,18H,4,9-11H2,1-3H3,(H,21,26)(H,22,28)/t18-/m0/s1. The first-order chi connectivity index (χ1) is 14.2. The first-order valence-electron chi connectivity index (χ1n) is 9.84. The number of amides is 4. The zero-order chi connectivity index (χ0) is 22.0. The molecule has 0 aliphatic carbocycles. The summed E-state index contributed by atoms with van der Waals surface area (Å²) < 4.78 is 0. The van der Waals surface area contributed by atoms with E-state index in [0.717, 1.165) is 0 Å². The Kier molecular flexibility index (Phi) is 6.04. The van der Waals surface area contributed by atoms with E-state index in [4.69, 9.17) is 0 Å². The third-order valence-electron chi connectivity index (χ3n) is 5.07. The molecule has 4 amide bonds. The van der Waals surface area contributed by atoms with Gasteiger partial charge in [-0.2, -0.15) is 0 Å². The van der Waals surface area contributed by atoms with Gasteiger partial charge in [0.25, 0.3) is 11.6 Å². The molecule has 0 aromatic heterocycles. The van der Waals surface area contributed by atoms with Crippen molar-refractivity contribution in [2.24, 2.45) is 5.92 Å². The molecule has 0 radical (unpaired) electrons. The number of carbonyl (C=O) groups is 3. The normalized spacial score (nSPS) is 18.6. The number of nitrogens with zero attached hydrogens (tertiary/aromatic N) is 3. The van der Waals surface area contributed by atoms with Crippen LogP contribution in [0.2, 0.25) is 0 Å². The summed E-state index contributed by atoms with van der Waals surface area (Å²) in [5.41, 5.74) is 1.19. The summed E-state index contributed by atoms with van der Waals surface area (Å²) in [7, 11) is 0. The van der Waals surface area contributed by atoms with Crippen LogP contribution in [-0.2, 0) is 9.59 Å². The minimum atomic E-state index is -0.813. The molecule has 10 nitrogen and oxygen atoms in total. The third kappa shape index (κ3) is 4.12. The summed E-state index contributed by atoms with van der Waals surface area (Å²) >= 11 is 0. The second-order valence-electron chi connectivity index (χ2n) is 7.70. The lowest BCUT2D eigenvalue weighted by molar-refractivity contribution is -0.384. The van der Waals surface area contributed by atoms with Crippen LogP contribution < -0.4 is 10.6 Å². The molecule has 0 saturated carbocycles. The quantitative estimate of drug-likeness (QED) is 0.516. The molecular formula is C20H25N5O5. The van der Waals surface area contributed by atoms with Crippen LogP contribution in [-0.4, -0.2) is 58.7 Å². The molecule has 0 unspecified atom stereocenters. The highest BCUT2D eigenvalue weighted by Gasteiger charge is 2.44. The molecule has 0 fully saturated rings. The number of non-ortho nitro benzene ring substituents is 1. The molecule has 1 atom stereocenters. The van der Waals surface area contributed by atoms with Crippen molar-refractivity contribution in [2.45, 2.75) is 26.8 Å². The fraction of sp³-hybridized carbons (Fsp3) is 0.450. The Hall–Kier alpha value is -3.43. The SMILES string of the molecule is CCN1C(=O)N[C@@H](c2cccc([N+](=O)[O-])c2)C2=C1CN(CC(=O)NCC(C)C)C2=O. The van der Waals surface area contributed by atoms with Gasteiger partial charge in [0.15, 0.2) is 0 Å². The summed E-state index contributed by atoms with van der Waals surface area (Å²) in [5, 5.41) is 16.7. The summed E-state index contributed by atoms with van der Waals surface area (Å²) in [6.45, 7) is 6.61. The highest BCUT2D eigenvalue weighted by atomic mass is 16.6. The number of nitro groups is 1. The zero-order valence-corrected chi connectivity index (χ0v) is 17.2. The van der Waals surface area contributed by atoms with Crippen LogP contribution >= 0.6 is 0 Å². The van der Waals surface area contributed by atoms with Crippen molar-refractivity contribution in [1.29, 1.82) is 0 Å². The highest BCUT2D eigenvalue weighted by molar-refractivity contribution is 6.03. The Morgan fingerprint density at radius 2 is 2.10 bits per heavy atom. The number of rotatable bonds is 7. The molecule has 2 N–H and O–H groups in total. The Bertz CT molecular complexity index is 926. The number of urea groups is 1. The van der Waals surface area contributed by atoms with Crippen LogP contribution in [0.1, 0.15) is 32.4 Å². The van der Waals surface area contributed by atoms with Crippen LogP contribution in [0.4, 0.5) is 10.5 Å². The minimum Gasteiger partial charge on any atom is -0.354 e. The Morgan fingerprint density at radius 3 is 2.73 bits per heavy atom. The van der Waals surface area contributed by atoms with Gasteiger partial charge in [-0.15, -0.1) is 0 Å². The molecule has 1 aromatic carbocycles.